The summed E-state index contributed by atoms with van der Waals surface area (Å²) >= 11 is 3.22. The van der Waals surface area contributed by atoms with E-state index in [0.717, 1.165) is 24.9 Å². The van der Waals surface area contributed by atoms with Gasteiger partial charge >= 0.3 is 0 Å². The van der Waals surface area contributed by atoms with E-state index in [2.05, 4.69) is 28.2 Å². The molecule has 0 amide bonds. The fourth-order valence-electron chi connectivity index (χ4n) is 2.25. The van der Waals surface area contributed by atoms with Crippen molar-refractivity contribution < 1.29 is 13.9 Å². The molecule has 2 rings (SSSR count). The number of halogens is 2. The summed E-state index contributed by atoms with van der Waals surface area (Å²) in [5.74, 6) is -0.230. The minimum Gasteiger partial charge on any atom is -0.350 e. The van der Waals surface area contributed by atoms with E-state index in [1.54, 1.807) is 0 Å². The molecule has 19 heavy (non-hydrogen) atoms. The molecule has 106 valence electrons. The smallest absolute Gasteiger partial charge is 0.159 e. The number of ether oxygens (including phenoxy) is 2. The van der Waals surface area contributed by atoms with Crippen LogP contribution in [0.2, 0.25) is 0 Å². The monoisotopic (exact) mass is 331 g/mol. The van der Waals surface area contributed by atoms with Crippen molar-refractivity contribution in [3.8, 4) is 0 Å². The number of likely N-dealkylation sites (N-methyl/N-ethyl adjacent to an activating group) is 1. The Labute approximate surface area is 121 Å². The molecule has 1 aromatic carbocycles. The zero-order chi connectivity index (χ0) is 13.7. The van der Waals surface area contributed by atoms with Gasteiger partial charge in [0, 0.05) is 12.5 Å². The molecule has 1 saturated heterocycles. The Morgan fingerprint density at radius 1 is 1.42 bits per heavy atom. The predicted octanol–water partition coefficient (Wildman–Crippen LogP) is 2.87. The van der Waals surface area contributed by atoms with Crippen molar-refractivity contribution in [1.82, 2.24) is 5.32 Å². The summed E-state index contributed by atoms with van der Waals surface area (Å²) in [5, 5.41) is 3.42. The van der Waals surface area contributed by atoms with Gasteiger partial charge < -0.3 is 14.8 Å². The lowest BCUT2D eigenvalue weighted by Crippen LogP contribution is -2.34. The highest BCUT2D eigenvalue weighted by Crippen LogP contribution is 2.19. The number of rotatable bonds is 6. The number of benzene rings is 1. The van der Waals surface area contributed by atoms with Crippen molar-refractivity contribution in [1.29, 1.82) is 0 Å². The van der Waals surface area contributed by atoms with E-state index >= 15 is 0 Å². The summed E-state index contributed by atoms with van der Waals surface area (Å²) in [6, 6.07) is 5.41. The van der Waals surface area contributed by atoms with Crippen LogP contribution < -0.4 is 5.32 Å². The number of hydrogen-bond donors (Lipinski definition) is 1. The minimum absolute atomic E-state index is 0.118. The summed E-state index contributed by atoms with van der Waals surface area (Å²) in [7, 11) is 0. The molecule has 1 fully saturated rings. The van der Waals surface area contributed by atoms with Crippen LogP contribution in [0.15, 0.2) is 22.7 Å². The SMILES string of the molecule is CCNC(Cc1ccc(F)c(Br)c1)CC1OCCO1. The molecule has 3 nitrogen and oxygen atoms in total. The van der Waals surface area contributed by atoms with Gasteiger partial charge in [0.15, 0.2) is 6.29 Å². The van der Waals surface area contributed by atoms with Crippen molar-refractivity contribution in [3.63, 3.8) is 0 Å². The van der Waals surface area contributed by atoms with Crippen molar-refractivity contribution in [2.24, 2.45) is 0 Å². The summed E-state index contributed by atoms with van der Waals surface area (Å²) in [5.41, 5.74) is 1.09. The first kappa shape index (κ1) is 14.9. The largest absolute Gasteiger partial charge is 0.350 e. The molecule has 1 heterocycles. The maximum atomic E-state index is 13.2. The fourth-order valence-corrected chi connectivity index (χ4v) is 2.68. The van der Waals surface area contributed by atoms with Gasteiger partial charge in [-0.1, -0.05) is 13.0 Å². The van der Waals surface area contributed by atoms with Crippen LogP contribution >= 0.6 is 15.9 Å². The van der Waals surface area contributed by atoms with Crippen LogP contribution in [0, 0.1) is 5.82 Å². The highest BCUT2D eigenvalue weighted by Gasteiger charge is 2.21. The van der Waals surface area contributed by atoms with Gasteiger partial charge in [-0.2, -0.15) is 0 Å². The van der Waals surface area contributed by atoms with E-state index in [1.807, 2.05) is 12.1 Å². The molecule has 0 aliphatic carbocycles. The molecule has 0 aromatic heterocycles. The fraction of sp³-hybridized carbons (Fsp3) is 0.571. The molecule has 1 atom stereocenters. The van der Waals surface area contributed by atoms with Crippen LogP contribution in [-0.2, 0) is 15.9 Å². The Balaban J connectivity index is 1.96. The zero-order valence-corrected chi connectivity index (χ0v) is 12.6. The summed E-state index contributed by atoms with van der Waals surface area (Å²) < 4.78 is 24.7. The van der Waals surface area contributed by atoms with Crippen LogP contribution in [0.4, 0.5) is 4.39 Å². The normalized spacial score (nSPS) is 17.8. The minimum atomic E-state index is -0.230. The van der Waals surface area contributed by atoms with E-state index in [1.165, 1.54) is 6.07 Å². The second-order valence-electron chi connectivity index (χ2n) is 4.61. The molecule has 0 saturated carbocycles. The highest BCUT2D eigenvalue weighted by molar-refractivity contribution is 9.10. The van der Waals surface area contributed by atoms with Crippen molar-refractivity contribution in [3.05, 3.63) is 34.1 Å². The Hall–Kier alpha value is -0.490. The lowest BCUT2D eigenvalue weighted by Gasteiger charge is -2.21. The van der Waals surface area contributed by atoms with E-state index < -0.39 is 0 Å². The van der Waals surface area contributed by atoms with Crippen LogP contribution in [-0.4, -0.2) is 32.1 Å². The first-order valence-corrected chi connectivity index (χ1v) is 7.39. The van der Waals surface area contributed by atoms with Crippen LogP contribution in [0.1, 0.15) is 18.9 Å². The molecule has 1 aliphatic heterocycles. The van der Waals surface area contributed by atoms with Crippen molar-refractivity contribution >= 4 is 15.9 Å². The van der Waals surface area contributed by atoms with Gasteiger partial charge in [-0.15, -0.1) is 0 Å². The third kappa shape index (κ3) is 4.53. The summed E-state index contributed by atoms with van der Waals surface area (Å²) in [6.45, 7) is 4.31. The molecule has 1 N–H and O–H groups in total. The third-order valence-corrected chi connectivity index (χ3v) is 3.73. The maximum Gasteiger partial charge on any atom is 0.159 e. The lowest BCUT2D eigenvalue weighted by atomic mass is 10.0. The molecule has 0 bridgehead atoms. The molecule has 1 aromatic rings. The van der Waals surface area contributed by atoms with E-state index in [-0.39, 0.29) is 18.1 Å². The van der Waals surface area contributed by atoms with Crippen molar-refractivity contribution in [2.45, 2.75) is 32.1 Å². The first-order valence-electron chi connectivity index (χ1n) is 6.59. The van der Waals surface area contributed by atoms with Crippen molar-refractivity contribution in [2.75, 3.05) is 19.8 Å². The molecule has 1 aliphatic rings. The molecular weight excluding hydrogens is 313 g/mol. The van der Waals surface area contributed by atoms with Gasteiger partial charge in [0.25, 0.3) is 0 Å². The molecule has 0 radical (unpaired) electrons. The second-order valence-corrected chi connectivity index (χ2v) is 5.47. The average molecular weight is 332 g/mol. The Kier molecular flexibility index (Phi) is 5.76. The Morgan fingerprint density at radius 3 is 2.79 bits per heavy atom. The quantitative estimate of drug-likeness (QED) is 0.869. The van der Waals surface area contributed by atoms with Crippen LogP contribution in [0.3, 0.4) is 0 Å². The van der Waals surface area contributed by atoms with Gasteiger partial charge in [-0.05, 0) is 46.6 Å². The van der Waals surface area contributed by atoms with E-state index in [4.69, 9.17) is 9.47 Å². The van der Waals surface area contributed by atoms with Gasteiger partial charge in [-0.3, -0.25) is 0 Å². The summed E-state index contributed by atoms with van der Waals surface area (Å²) in [6.07, 6.45) is 1.52. The summed E-state index contributed by atoms with van der Waals surface area (Å²) in [4.78, 5) is 0. The maximum absolute atomic E-state index is 13.2. The lowest BCUT2D eigenvalue weighted by molar-refractivity contribution is -0.0525. The van der Waals surface area contributed by atoms with Crippen LogP contribution in [0.25, 0.3) is 0 Å². The van der Waals surface area contributed by atoms with Crippen LogP contribution in [0.5, 0.6) is 0 Å². The second kappa shape index (κ2) is 7.33. The molecule has 0 spiro atoms. The predicted molar refractivity (Wildman–Crippen MR) is 75.6 cm³/mol. The van der Waals surface area contributed by atoms with Gasteiger partial charge in [0.05, 0.1) is 17.7 Å². The first-order chi connectivity index (χ1) is 9.19. The molecular formula is C14H19BrFNO2. The van der Waals surface area contributed by atoms with E-state index in [9.17, 15) is 4.39 Å². The Bertz CT molecular complexity index is 410. The molecule has 5 heteroatoms. The van der Waals surface area contributed by atoms with Gasteiger partial charge in [0.2, 0.25) is 0 Å². The van der Waals surface area contributed by atoms with Gasteiger partial charge in [-0.25, -0.2) is 4.39 Å². The number of nitrogens with one attached hydrogen (secondary N) is 1. The van der Waals surface area contributed by atoms with E-state index in [0.29, 0.717) is 17.7 Å². The highest BCUT2D eigenvalue weighted by atomic mass is 79.9. The Morgan fingerprint density at radius 2 is 2.16 bits per heavy atom. The molecule has 1 unspecified atom stereocenters. The zero-order valence-electron chi connectivity index (χ0n) is 11.0. The topological polar surface area (TPSA) is 30.5 Å². The van der Waals surface area contributed by atoms with Gasteiger partial charge in [0.1, 0.15) is 5.82 Å². The standard InChI is InChI=1S/C14H19BrFNO2/c1-2-17-11(9-14-18-5-6-19-14)7-10-3-4-13(16)12(15)8-10/h3-4,8,11,14,17H,2,5-7,9H2,1H3. The number of hydrogen-bond acceptors (Lipinski definition) is 3. The average Bonchev–Trinajstić information content (AvgIpc) is 2.87. The third-order valence-electron chi connectivity index (χ3n) is 3.13.